The molecule has 0 bridgehead atoms. The first-order valence-electron chi connectivity index (χ1n) is 5.72. The molecule has 2 heterocycles. The second-order valence-electron chi connectivity index (χ2n) is 4.65. The van der Waals surface area contributed by atoms with E-state index in [1.807, 2.05) is 0 Å². The topological polar surface area (TPSA) is 58.9 Å². The molecular formula is C11H20O4. The first-order valence-corrected chi connectivity index (χ1v) is 5.72. The highest BCUT2D eigenvalue weighted by Crippen LogP contribution is 2.45. The Morgan fingerprint density at radius 1 is 1.33 bits per heavy atom. The molecular weight excluding hydrogens is 196 g/mol. The maximum absolute atomic E-state index is 9.44. The summed E-state index contributed by atoms with van der Waals surface area (Å²) in [6, 6.07) is 0. The predicted octanol–water partition coefficient (Wildman–Crippen LogP) is 0.171. The molecule has 2 aliphatic heterocycles. The summed E-state index contributed by atoms with van der Waals surface area (Å²) in [6.45, 7) is 3.63. The van der Waals surface area contributed by atoms with Gasteiger partial charge < -0.3 is 19.7 Å². The van der Waals surface area contributed by atoms with E-state index in [9.17, 15) is 10.2 Å². The van der Waals surface area contributed by atoms with Crippen LogP contribution in [0.4, 0.5) is 0 Å². The van der Waals surface area contributed by atoms with Gasteiger partial charge in [0.2, 0.25) is 0 Å². The second kappa shape index (κ2) is 4.37. The van der Waals surface area contributed by atoms with Gasteiger partial charge >= 0.3 is 0 Å². The number of hydrogen-bond donors (Lipinski definition) is 2. The zero-order valence-electron chi connectivity index (χ0n) is 9.19. The van der Waals surface area contributed by atoms with E-state index in [-0.39, 0.29) is 36.8 Å². The highest BCUT2D eigenvalue weighted by Gasteiger charge is 2.53. The molecule has 2 saturated heterocycles. The fraction of sp³-hybridized carbons (Fsp3) is 1.00. The van der Waals surface area contributed by atoms with Gasteiger partial charge in [0.05, 0.1) is 32.0 Å². The van der Waals surface area contributed by atoms with Gasteiger partial charge in [0, 0.05) is 17.9 Å². The van der Waals surface area contributed by atoms with Crippen molar-refractivity contribution in [1.29, 1.82) is 0 Å². The van der Waals surface area contributed by atoms with E-state index in [0.29, 0.717) is 13.2 Å². The highest BCUT2D eigenvalue weighted by atomic mass is 16.5. The van der Waals surface area contributed by atoms with E-state index < -0.39 is 0 Å². The van der Waals surface area contributed by atoms with Crippen molar-refractivity contribution >= 4 is 0 Å². The molecule has 0 radical (unpaired) electrons. The molecule has 4 unspecified atom stereocenters. The number of ether oxygens (including phenoxy) is 2. The average Bonchev–Trinajstić information content (AvgIpc) is 2.67. The standard InChI is InChI=1S/C11H20O4/c1-2-11(6-13)7-15-10(11)8-3-4-14-9(8)5-12/h8-10,12-13H,2-7H2,1H3. The van der Waals surface area contributed by atoms with Gasteiger partial charge in [-0.1, -0.05) is 6.92 Å². The van der Waals surface area contributed by atoms with Crippen molar-refractivity contribution in [3.05, 3.63) is 0 Å². The van der Waals surface area contributed by atoms with Crippen molar-refractivity contribution in [2.24, 2.45) is 11.3 Å². The lowest BCUT2D eigenvalue weighted by Crippen LogP contribution is -2.59. The van der Waals surface area contributed by atoms with Crippen molar-refractivity contribution in [3.8, 4) is 0 Å². The lowest BCUT2D eigenvalue weighted by molar-refractivity contribution is -0.234. The molecule has 0 aliphatic carbocycles. The summed E-state index contributed by atoms with van der Waals surface area (Å²) in [6.07, 6.45) is 1.81. The molecule has 0 aromatic rings. The van der Waals surface area contributed by atoms with Crippen molar-refractivity contribution in [2.45, 2.75) is 32.0 Å². The molecule has 0 aromatic carbocycles. The van der Waals surface area contributed by atoms with Gasteiger partial charge in [-0.05, 0) is 12.8 Å². The molecule has 0 amide bonds. The molecule has 0 aromatic heterocycles. The van der Waals surface area contributed by atoms with Crippen molar-refractivity contribution < 1.29 is 19.7 Å². The Morgan fingerprint density at radius 3 is 2.60 bits per heavy atom. The summed E-state index contributed by atoms with van der Waals surface area (Å²) in [5, 5.41) is 18.6. The van der Waals surface area contributed by atoms with Crippen LogP contribution in [0.15, 0.2) is 0 Å². The summed E-state index contributed by atoms with van der Waals surface area (Å²) < 4.78 is 11.0. The normalized spacial score (nSPS) is 45.4. The van der Waals surface area contributed by atoms with Crippen LogP contribution < -0.4 is 0 Å². The third-order valence-corrected chi connectivity index (χ3v) is 4.00. The molecule has 4 nitrogen and oxygen atoms in total. The molecule has 2 rings (SSSR count). The lowest BCUT2D eigenvalue weighted by Gasteiger charge is -2.51. The van der Waals surface area contributed by atoms with Crippen LogP contribution in [0.1, 0.15) is 19.8 Å². The van der Waals surface area contributed by atoms with Crippen LogP contribution in [0.25, 0.3) is 0 Å². The average molecular weight is 216 g/mol. The largest absolute Gasteiger partial charge is 0.396 e. The van der Waals surface area contributed by atoms with E-state index >= 15 is 0 Å². The SMILES string of the molecule is CCC1(CO)COC1C1CCOC1CO. The predicted molar refractivity (Wildman–Crippen MR) is 54.5 cm³/mol. The van der Waals surface area contributed by atoms with Gasteiger partial charge in [-0.2, -0.15) is 0 Å². The first-order chi connectivity index (χ1) is 7.27. The van der Waals surface area contributed by atoms with Crippen LogP contribution in [-0.2, 0) is 9.47 Å². The van der Waals surface area contributed by atoms with E-state index in [4.69, 9.17) is 9.47 Å². The summed E-state index contributed by atoms with van der Waals surface area (Å²) >= 11 is 0. The smallest absolute Gasteiger partial charge is 0.0859 e. The monoisotopic (exact) mass is 216 g/mol. The van der Waals surface area contributed by atoms with Gasteiger partial charge in [-0.25, -0.2) is 0 Å². The van der Waals surface area contributed by atoms with Gasteiger partial charge in [0.15, 0.2) is 0 Å². The summed E-state index contributed by atoms with van der Waals surface area (Å²) in [5.41, 5.74) is -0.0915. The van der Waals surface area contributed by atoms with Crippen molar-refractivity contribution in [2.75, 3.05) is 26.4 Å². The number of aliphatic hydroxyl groups is 2. The molecule has 4 atom stereocenters. The van der Waals surface area contributed by atoms with E-state index in [0.717, 1.165) is 12.8 Å². The fourth-order valence-electron chi connectivity index (χ4n) is 2.74. The maximum Gasteiger partial charge on any atom is 0.0859 e. The third kappa shape index (κ3) is 1.69. The van der Waals surface area contributed by atoms with Gasteiger partial charge in [0.1, 0.15) is 0 Å². The van der Waals surface area contributed by atoms with Gasteiger partial charge in [0.25, 0.3) is 0 Å². The van der Waals surface area contributed by atoms with E-state index in [2.05, 4.69) is 6.92 Å². The first kappa shape index (κ1) is 11.3. The summed E-state index contributed by atoms with van der Waals surface area (Å²) in [5.74, 6) is 0.246. The van der Waals surface area contributed by atoms with Gasteiger partial charge in [-0.3, -0.25) is 0 Å². The lowest BCUT2D eigenvalue weighted by atomic mass is 9.69. The van der Waals surface area contributed by atoms with Crippen molar-refractivity contribution in [3.63, 3.8) is 0 Å². The van der Waals surface area contributed by atoms with E-state index in [1.54, 1.807) is 0 Å². The van der Waals surface area contributed by atoms with Crippen molar-refractivity contribution in [1.82, 2.24) is 0 Å². The minimum absolute atomic E-state index is 0.0513. The van der Waals surface area contributed by atoms with Crippen LogP contribution in [0.2, 0.25) is 0 Å². The zero-order chi connectivity index (χ0) is 10.9. The van der Waals surface area contributed by atoms with Crippen LogP contribution in [0.5, 0.6) is 0 Å². The Labute approximate surface area is 90.2 Å². The number of rotatable bonds is 4. The molecule has 0 spiro atoms. The van der Waals surface area contributed by atoms with Crippen LogP contribution in [0.3, 0.4) is 0 Å². The second-order valence-corrected chi connectivity index (χ2v) is 4.65. The van der Waals surface area contributed by atoms with Crippen LogP contribution in [0, 0.1) is 11.3 Å². The molecule has 88 valence electrons. The Bertz CT molecular complexity index is 209. The molecule has 2 fully saturated rings. The Hall–Kier alpha value is -0.160. The Kier molecular flexibility index (Phi) is 3.30. The molecule has 2 N–H and O–H groups in total. The minimum atomic E-state index is -0.104. The summed E-state index contributed by atoms with van der Waals surface area (Å²) in [4.78, 5) is 0. The Morgan fingerprint density at radius 2 is 2.13 bits per heavy atom. The van der Waals surface area contributed by atoms with Gasteiger partial charge in [-0.15, -0.1) is 0 Å². The third-order valence-electron chi connectivity index (χ3n) is 4.00. The fourth-order valence-corrected chi connectivity index (χ4v) is 2.74. The minimum Gasteiger partial charge on any atom is -0.396 e. The van der Waals surface area contributed by atoms with E-state index in [1.165, 1.54) is 0 Å². The summed E-state index contributed by atoms with van der Waals surface area (Å²) in [7, 11) is 0. The molecule has 2 aliphatic rings. The molecule has 4 heteroatoms. The number of hydrogen-bond acceptors (Lipinski definition) is 4. The molecule has 15 heavy (non-hydrogen) atoms. The Balaban J connectivity index is 2.04. The number of aliphatic hydroxyl groups excluding tert-OH is 2. The van der Waals surface area contributed by atoms with Crippen LogP contribution in [-0.4, -0.2) is 48.8 Å². The highest BCUT2D eigenvalue weighted by molar-refractivity contribution is 5.00. The quantitative estimate of drug-likeness (QED) is 0.703. The van der Waals surface area contributed by atoms with Crippen LogP contribution >= 0.6 is 0 Å². The zero-order valence-corrected chi connectivity index (χ0v) is 9.19. The molecule has 0 saturated carbocycles. The maximum atomic E-state index is 9.44.